The normalized spacial score (nSPS) is 17.7. The van der Waals surface area contributed by atoms with Crippen LogP contribution < -0.4 is 5.32 Å². The number of carbonyl (C=O) groups excluding carboxylic acids is 1. The van der Waals surface area contributed by atoms with Gasteiger partial charge >= 0.3 is 5.97 Å². The minimum atomic E-state index is -0.911. The van der Waals surface area contributed by atoms with E-state index in [1.54, 1.807) is 42.5 Å². The van der Waals surface area contributed by atoms with Gasteiger partial charge in [0.1, 0.15) is 11.3 Å². The average molecular weight is 495 g/mol. The third-order valence-electron chi connectivity index (χ3n) is 6.25. The van der Waals surface area contributed by atoms with Crippen molar-refractivity contribution in [3.05, 3.63) is 77.1 Å². The number of carboxylic acid groups (broad SMARTS) is 1. The van der Waals surface area contributed by atoms with Crippen LogP contribution in [0.5, 0.6) is 0 Å². The molecule has 2 atom stereocenters. The number of nitrogens with zero attached hydrogens (tertiary/aromatic N) is 1. The molecule has 5 nitrogen and oxygen atoms in total. The minimum absolute atomic E-state index is 0.141. The van der Waals surface area contributed by atoms with Crippen LogP contribution in [-0.4, -0.2) is 21.8 Å². The standard InChI is InChI=1S/C26H20ClFN2O3S/c27-19-5-2-6-22-23(19)30-26(34-22)29-21-12-11-16(13-20(21)28)14-7-9-15(10-8-14)24(31)17-3-1-4-18(17)25(32)33/h2,5-13,17-18H,1,3-4H2,(H,29,30)(H,32,33)/t17-,18-/m1/s1. The zero-order chi connectivity index (χ0) is 23.8. The monoisotopic (exact) mass is 494 g/mol. The van der Waals surface area contributed by atoms with Gasteiger partial charge in [-0.3, -0.25) is 9.59 Å². The molecule has 0 saturated heterocycles. The van der Waals surface area contributed by atoms with Crippen molar-refractivity contribution < 1.29 is 19.1 Å². The van der Waals surface area contributed by atoms with E-state index in [4.69, 9.17) is 11.6 Å². The number of rotatable bonds is 6. The summed E-state index contributed by atoms with van der Waals surface area (Å²) in [7, 11) is 0. The first-order valence-corrected chi connectivity index (χ1v) is 12.1. The molecule has 1 heterocycles. The first-order chi connectivity index (χ1) is 16.4. The van der Waals surface area contributed by atoms with E-state index in [0.29, 0.717) is 45.3 Å². The van der Waals surface area contributed by atoms with Gasteiger partial charge in [-0.05, 0) is 48.2 Å². The summed E-state index contributed by atoms with van der Waals surface area (Å²) < 4.78 is 15.8. The van der Waals surface area contributed by atoms with Crippen LogP contribution in [-0.2, 0) is 4.79 Å². The van der Waals surface area contributed by atoms with Crippen molar-refractivity contribution in [2.75, 3.05) is 5.32 Å². The fourth-order valence-electron chi connectivity index (χ4n) is 4.49. The topological polar surface area (TPSA) is 79.3 Å². The van der Waals surface area contributed by atoms with Crippen LogP contribution in [0.3, 0.4) is 0 Å². The lowest BCUT2D eigenvalue weighted by molar-refractivity contribution is -0.142. The number of carboxylic acids is 1. The van der Waals surface area contributed by atoms with E-state index in [2.05, 4.69) is 10.3 Å². The van der Waals surface area contributed by atoms with Crippen molar-refractivity contribution in [3.8, 4) is 11.1 Å². The van der Waals surface area contributed by atoms with Crippen molar-refractivity contribution in [1.29, 1.82) is 0 Å². The number of Topliss-reactive ketones (excluding diaryl/α,β-unsaturated/α-hetero) is 1. The second-order valence-corrected chi connectivity index (χ2v) is 9.79. The average Bonchev–Trinajstić information content (AvgIpc) is 3.48. The Kier molecular flexibility index (Phi) is 6.06. The van der Waals surface area contributed by atoms with Crippen LogP contribution in [0.2, 0.25) is 5.02 Å². The second-order valence-electron chi connectivity index (χ2n) is 8.35. The first kappa shape index (κ1) is 22.5. The zero-order valence-corrected chi connectivity index (χ0v) is 19.5. The van der Waals surface area contributed by atoms with E-state index < -0.39 is 23.6 Å². The lowest BCUT2D eigenvalue weighted by Gasteiger charge is -2.15. The maximum absolute atomic E-state index is 14.9. The van der Waals surface area contributed by atoms with Crippen LogP contribution >= 0.6 is 22.9 Å². The Balaban J connectivity index is 1.33. The van der Waals surface area contributed by atoms with Crippen molar-refractivity contribution in [3.63, 3.8) is 0 Å². The molecule has 0 radical (unpaired) electrons. The number of hydrogen-bond donors (Lipinski definition) is 2. The molecule has 0 unspecified atom stereocenters. The minimum Gasteiger partial charge on any atom is -0.481 e. The molecule has 8 heteroatoms. The van der Waals surface area contributed by atoms with Crippen LogP contribution in [0.4, 0.5) is 15.2 Å². The van der Waals surface area contributed by atoms with Gasteiger partial charge in [-0.15, -0.1) is 0 Å². The number of hydrogen-bond acceptors (Lipinski definition) is 5. The van der Waals surface area contributed by atoms with Gasteiger partial charge < -0.3 is 10.4 Å². The Hall–Kier alpha value is -3.29. The molecule has 1 aliphatic carbocycles. The fourth-order valence-corrected chi connectivity index (χ4v) is 5.67. The number of benzene rings is 3. The van der Waals surface area contributed by atoms with Crippen LogP contribution in [0.15, 0.2) is 60.7 Å². The van der Waals surface area contributed by atoms with Gasteiger partial charge in [0.15, 0.2) is 10.9 Å². The third kappa shape index (κ3) is 4.29. The predicted octanol–water partition coefficient (Wildman–Crippen LogP) is 7.18. The summed E-state index contributed by atoms with van der Waals surface area (Å²) in [4.78, 5) is 28.7. The summed E-state index contributed by atoms with van der Waals surface area (Å²) in [6.07, 6.45) is 1.88. The highest BCUT2D eigenvalue weighted by molar-refractivity contribution is 7.22. The number of thiazole rings is 1. The maximum Gasteiger partial charge on any atom is 0.307 e. The molecule has 172 valence electrons. The van der Waals surface area contributed by atoms with Crippen molar-refractivity contribution >= 4 is 55.7 Å². The van der Waals surface area contributed by atoms with Crippen molar-refractivity contribution in [1.82, 2.24) is 4.98 Å². The lowest BCUT2D eigenvalue weighted by Crippen LogP contribution is -2.25. The molecular formula is C26H20ClFN2O3S. The van der Waals surface area contributed by atoms with E-state index >= 15 is 0 Å². The number of fused-ring (bicyclic) bond motifs is 1. The molecule has 0 spiro atoms. The van der Waals surface area contributed by atoms with E-state index in [1.807, 2.05) is 12.1 Å². The fraction of sp³-hybridized carbons (Fsp3) is 0.192. The summed E-state index contributed by atoms with van der Waals surface area (Å²) in [5.41, 5.74) is 2.88. The predicted molar refractivity (Wildman–Crippen MR) is 133 cm³/mol. The smallest absolute Gasteiger partial charge is 0.307 e. The van der Waals surface area contributed by atoms with Gasteiger partial charge in [-0.25, -0.2) is 9.37 Å². The summed E-state index contributed by atoms with van der Waals surface area (Å²) in [5.74, 6) is -2.58. The SMILES string of the molecule is O=C(O)[C@@H]1CCC[C@H]1C(=O)c1ccc(-c2ccc(Nc3nc4c(Cl)cccc4s3)c(F)c2)cc1. The molecule has 1 aliphatic rings. The quantitative estimate of drug-likeness (QED) is 0.277. The number of carbonyl (C=O) groups is 2. The maximum atomic E-state index is 14.9. The molecule has 0 amide bonds. The summed E-state index contributed by atoms with van der Waals surface area (Å²) in [6, 6.07) is 17.3. The van der Waals surface area contributed by atoms with E-state index in [9.17, 15) is 19.1 Å². The van der Waals surface area contributed by atoms with E-state index in [0.717, 1.165) is 16.7 Å². The number of aliphatic carboxylic acids is 1. The highest BCUT2D eigenvalue weighted by atomic mass is 35.5. The van der Waals surface area contributed by atoms with E-state index in [-0.39, 0.29) is 5.78 Å². The number of ketones is 1. The Morgan fingerprint density at radius 3 is 2.47 bits per heavy atom. The molecule has 0 aliphatic heterocycles. The van der Waals surface area contributed by atoms with Gasteiger partial charge in [0.25, 0.3) is 0 Å². The van der Waals surface area contributed by atoms with Gasteiger partial charge in [0, 0.05) is 11.5 Å². The van der Waals surface area contributed by atoms with E-state index in [1.165, 1.54) is 17.4 Å². The Morgan fingerprint density at radius 1 is 1.03 bits per heavy atom. The van der Waals surface area contributed by atoms with Gasteiger partial charge in [-0.2, -0.15) is 0 Å². The molecule has 1 saturated carbocycles. The van der Waals surface area contributed by atoms with Gasteiger partial charge in [-0.1, -0.05) is 65.8 Å². The molecule has 3 aromatic carbocycles. The molecule has 1 fully saturated rings. The number of anilines is 2. The third-order valence-corrected chi connectivity index (χ3v) is 7.49. The van der Waals surface area contributed by atoms with Crippen LogP contribution in [0, 0.1) is 17.7 Å². The summed E-state index contributed by atoms with van der Waals surface area (Å²) in [5, 5.41) is 13.5. The lowest BCUT2D eigenvalue weighted by atomic mass is 9.88. The van der Waals surface area contributed by atoms with Crippen molar-refractivity contribution in [2.45, 2.75) is 19.3 Å². The number of para-hydroxylation sites is 1. The highest BCUT2D eigenvalue weighted by Gasteiger charge is 2.37. The van der Waals surface area contributed by atoms with Crippen LogP contribution in [0.1, 0.15) is 29.6 Å². The Bertz CT molecular complexity index is 1400. The largest absolute Gasteiger partial charge is 0.481 e. The first-order valence-electron chi connectivity index (χ1n) is 10.9. The molecule has 5 rings (SSSR count). The Labute approximate surface area is 204 Å². The van der Waals surface area contributed by atoms with Gasteiger partial charge in [0.05, 0.1) is 21.3 Å². The molecule has 2 N–H and O–H groups in total. The highest BCUT2D eigenvalue weighted by Crippen LogP contribution is 2.36. The number of aromatic nitrogens is 1. The molecule has 34 heavy (non-hydrogen) atoms. The second kappa shape index (κ2) is 9.16. The van der Waals surface area contributed by atoms with Crippen molar-refractivity contribution in [2.24, 2.45) is 11.8 Å². The molecule has 4 aromatic rings. The Morgan fingerprint density at radius 2 is 1.76 bits per heavy atom. The number of halogens is 2. The molecular weight excluding hydrogens is 475 g/mol. The van der Waals surface area contributed by atoms with Gasteiger partial charge in [0.2, 0.25) is 0 Å². The molecule has 0 bridgehead atoms. The van der Waals surface area contributed by atoms with Crippen LogP contribution in [0.25, 0.3) is 21.3 Å². The summed E-state index contributed by atoms with van der Waals surface area (Å²) >= 11 is 7.57. The summed E-state index contributed by atoms with van der Waals surface area (Å²) in [6.45, 7) is 0. The zero-order valence-electron chi connectivity index (χ0n) is 17.9. The molecule has 1 aromatic heterocycles. The number of nitrogens with one attached hydrogen (secondary N) is 1.